The molecule has 0 saturated heterocycles. The van der Waals surface area contributed by atoms with Crippen LogP contribution in [0.1, 0.15) is 47.0 Å². The number of nitrogens with zero attached hydrogens (tertiary/aromatic N) is 1. The summed E-state index contributed by atoms with van der Waals surface area (Å²) in [6, 6.07) is 0. The first-order chi connectivity index (χ1) is 7.28. The maximum Gasteiger partial charge on any atom is 0.137 e. The highest BCUT2D eigenvalue weighted by Crippen LogP contribution is 2.27. The van der Waals surface area contributed by atoms with Crippen LogP contribution < -0.4 is 0 Å². The summed E-state index contributed by atoms with van der Waals surface area (Å²) >= 11 is 0. The average molecular weight is 225 g/mol. The fraction of sp³-hybridized carbons (Fsp3) is 0.929. The molecule has 2 nitrogen and oxygen atoms in total. The van der Waals surface area contributed by atoms with E-state index in [9.17, 15) is 4.79 Å². The summed E-state index contributed by atoms with van der Waals surface area (Å²) in [7, 11) is 2.14. The molecule has 1 saturated carbocycles. The van der Waals surface area contributed by atoms with Gasteiger partial charge in [-0.2, -0.15) is 0 Å². The Hall–Kier alpha value is -0.370. The average Bonchev–Trinajstić information content (AvgIpc) is 2.08. The van der Waals surface area contributed by atoms with E-state index in [0.717, 1.165) is 38.3 Å². The minimum absolute atomic E-state index is 0.288. The van der Waals surface area contributed by atoms with E-state index < -0.39 is 0 Å². The first-order valence-electron chi connectivity index (χ1n) is 6.49. The summed E-state index contributed by atoms with van der Waals surface area (Å²) in [4.78, 5) is 14.1. The molecule has 1 aliphatic rings. The Balaban J connectivity index is 2.43. The fourth-order valence-corrected chi connectivity index (χ4v) is 2.75. The Kier molecular flexibility index (Phi) is 4.54. The van der Waals surface area contributed by atoms with E-state index in [-0.39, 0.29) is 5.92 Å². The SMILES string of the molecule is CC1CCC(=O)C(CN(C)CC(C)(C)C)C1. The van der Waals surface area contributed by atoms with E-state index in [0.29, 0.717) is 11.2 Å². The van der Waals surface area contributed by atoms with E-state index in [1.165, 1.54) is 0 Å². The van der Waals surface area contributed by atoms with Crippen molar-refractivity contribution in [2.75, 3.05) is 20.1 Å². The summed E-state index contributed by atoms with van der Waals surface area (Å²) in [5.41, 5.74) is 0.318. The van der Waals surface area contributed by atoms with E-state index in [4.69, 9.17) is 0 Å². The molecule has 0 aromatic carbocycles. The minimum Gasteiger partial charge on any atom is -0.305 e. The number of rotatable bonds is 3. The van der Waals surface area contributed by atoms with Gasteiger partial charge in [0.25, 0.3) is 0 Å². The van der Waals surface area contributed by atoms with Gasteiger partial charge in [0.2, 0.25) is 0 Å². The highest BCUT2D eigenvalue weighted by molar-refractivity contribution is 5.81. The van der Waals surface area contributed by atoms with Crippen LogP contribution in [-0.2, 0) is 4.79 Å². The van der Waals surface area contributed by atoms with Crippen LogP contribution in [0.15, 0.2) is 0 Å². The van der Waals surface area contributed by atoms with Crippen molar-refractivity contribution in [3.05, 3.63) is 0 Å². The van der Waals surface area contributed by atoms with Gasteiger partial charge < -0.3 is 4.90 Å². The molecule has 0 N–H and O–H groups in total. The third-order valence-electron chi connectivity index (χ3n) is 3.30. The molecule has 0 amide bonds. The predicted molar refractivity (Wildman–Crippen MR) is 68.5 cm³/mol. The maximum absolute atomic E-state index is 11.8. The second kappa shape index (κ2) is 5.31. The van der Waals surface area contributed by atoms with Gasteiger partial charge in [-0.25, -0.2) is 0 Å². The smallest absolute Gasteiger partial charge is 0.137 e. The lowest BCUT2D eigenvalue weighted by atomic mass is 9.81. The van der Waals surface area contributed by atoms with Crippen molar-refractivity contribution in [3.63, 3.8) is 0 Å². The molecule has 0 spiro atoms. The fourth-order valence-electron chi connectivity index (χ4n) is 2.75. The van der Waals surface area contributed by atoms with Crippen molar-refractivity contribution in [1.82, 2.24) is 4.90 Å². The van der Waals surface area contributed by atoms with Crippen LogP contribution in [0.25, 0.3) is 0 Å². The molecule has 94 valence electrons. The first kappa shape index (κ1) is 13.7. The number of ketones is 1. The lowest BCUT2D eigenvalue weighted by Crippen LogP contribution is -2.38. The molecule has 2 atom stereocenters. The molecule has 1 fully saturated rings. The number of carbonyl (C=O) groups excluding carboxylic acids is 1. The van der Waals surface area contributed by atoms with Crippen molar-refractivity contribution in [3.8, 4) is 0 Å². The van der Waals surface area contributed by atoms with Gasteiger partial charge in [-0.15, -0.1) is 0 Å². The van der Waals surface area contributed by atoms with Gasteiger partial charge in [0.15, 0.2) is 0 Å². The van der Waals surface area contributed by atoms with Gasteiger partial charge in [-0.05, 0) is 31.2 Å². The molecule has 0 radical (unpaired) electrons. The zero-order valence-corrected chi connectivity index (χ0v) is 11.5. The zero-order chi connectivity index (χ0) is 12.3. The van der Waals surface area contributed by atoms with Crippen LogP contribution in [0.5, 0.6) is 0 Å². The lowest BCUT2D eigenvalue weighted by molar-refractivity contribution is -0.126. The Morgan fingerprint density at radius 1 is 1.38 bits per heavy atom. The molecule has 1 aliphatic carbocycles. The Morgan fingerprint density at radius 2 is 2.00 bits per heavy atom. The summed E-state index contributed by atoms with van der Waals surface area (Å²) in [5, 5.41) is 0. The number of carbonyl (C=O) groups is 1. The van der Waals surface area contributed by atoms with Crippen molar-refractivity contribution in [2.45, 2.75) is 47.0 Å². The van der Waals surface area contributed by atoms with Crippen LogP contribution in [-0.4, -0.2) is 30.8 Å². The summed E-state index contributed by atoms with van der Waals surface area (Å²) in [6.07, 6.45) is 2.99. The second-order valence-corrected chi connectivity index (χ2v) is 6.80. The predicted octanol–water partition coefficient (Wildman–Crippen LogP) is 2.97. The Bertz CT molecular complexity index is 242. The summed E-state index contributed by atoms with van der Waals surface area (Å²) in [5.74, 6) is 1.50. The molecular weight excluding hydrogens is 198 g/mol. The molecule has 2 unspecified atom stereocenters. The topological polar surface area (TPSA) is 20.3 Å². The highest BCUT2D eigenvalue weighted by Gasteiger charge is 2.28. The molecule has 16 heavy (non-hydrogen) atoms. The number of Topliss-reactive ketones (excluding diaryl/α,β-unsaturated/α-hetero) is 1. The highest BCUT2D eigenvalue weighted by atomic mass is 16.1. The maximum atomic E-state index is 11.8. The van der Waals surface area contributed by atoms with Gasteiger partial charge in [0.1, 0.15) is 5.78 Å². The molecule has 0 bridgehead atoms. The number of hydrogen-bond acceptors (Lipinski definition) is 2. The number of hydrogen-bond donors (Lipinski definition) is 0. The van der Waals surface area contributed by atoms with Crippen LogP contribution >= 0.6 is 0 Å². The van der Waals surface area contributed by atoms with Crippen LogP contribution in [0.4, 0.5) is 0 Å². The molecule has 0 heterocycles. The van der Waals surface area contributed by atoms with E-state index in [1.54, 1.807) is 0 Å². The normalized spacial score (nSPS) is 27.5. The zero-order valence-electron chi connectivity index (χ0n) is 11.5. The van der Waals surface area contributed by atoms with Crippen molar-refractivity contribution < 1.29 is 4.79 Å². The summed E-state index contributed by atoms with van der Waals surface area (Å²) < 4.78 is 0. The quantitative estimate of drug-likeness (QED) is 0.736. The minimum atomic E-state index is 0.288. The van der Waals surface area contributed by atoms with Crippen molar-refractivity contribution in [2.24, 2.45) is 17.3 Å². The van der Waals surface area contributed by atoms with Crippen LogP contribution in [0, 0.1) is 17.3 Å². The molecule has 2 heteroatoms. The second-order valence-electron chi connectivity index (χ2n) is 6.80. The lowest BCUT2D eigenvalue weighted by Gasteiger charge is -2.32. The van der Waals surface area contributed by atoms with Crippen LogP contribution in [0.3, 0.4) is 0 Å². The largest absolute Gasteiger partial charge is 0.305 e. The third kappa shape index (κ3) is 4.65. The Morgan fingerprint density at radius 3 is 2.56 bits per heavy atom. The third-order valence-corrected chi connectivity index (χ3v) is 3.30. The van der Waals surface area contributed by atoms with E-state index in [1.807, 2.05) is 0 Å². The molecule has 0 aliphatic heterocycles. The van der Waals surface area contributed by atoms with Gasteiger partial charge in [0.05, 0.1) is 0 Å². The first-order valence-corrected chi connectivity index (χ1v) is 6.49. The van der Waals surface area contributed by atoms with Gasteiger partial charge >= 0.3 is 0 Å². The van der Waals surface area contributed by atoms with Crippen LogP contribution in [0.2, 0.25) is 0 Å². The summed E-state index contributed by atoms with van der Waals surface area (Å²) in [6.45, 7) is 11.0. The van der Waals surface area contributed by atoms with E-state index in [2.05, 4.69) is 39.6 Å². The molecule has 1 rings (SSSR count). The molecule has 0 aromatic rings. The van der Waals surface area contributed by atoms with Gasteiger partial charge in [0, 0.05) is 25.4 Å². The standard InChI is InChI=1S/C14H27NO/c1-11-6-7-13(16)12(8-11)9-15(5)10-14(2,3)4/h11-12H,6-10H2,1-5H3. The van der Waals surface area contributed by atoms with Crippen molar-refractivity contribution in [1.29, 1.82) is 0 Å². The molecular formula is C14H27NO. The monoisotopic (exact) mass is 225 g/mol. The van der Waals surface area contributed by atoms with E-state index >= 15 is 0 Å². The molecule has 0 aromatic heterocycles. The Labute approximate surface area is 100 Å². The van der Waals surface area contributed by atoms with Gasteiger partial charge in [-0.3, -0.25) is 4.79 Å². The van der Waals surface area contributed by atoms with Crippen molar-refractivity contribution >= 4 is 5.78 Å². The van der Waals surface area contributed by atoms with Gasteiger partial charge in [-0.1, -0.05) is 27.7 Å².